The zero-order valence-corrected chi connectivity index (χ0v) is 15.8. The molecule has 0 aliphatic carbocycles. The molecule has 0 fully saturated rings. The van der Waals surface area contributed by atoms with Crippen molar-refractivity contribution in [1.29, 1.82) is 0 Å². The lowest BCUT2D eigenvalue weighted by Crippen LogP contribution is -1.99. The van der Waals surface area contributed by atoms with Gasteiger partial charge in [-0.3, -0.25) is 4.99 Å². The van der Waals surface area contributed by atoms with Gasteiger partial charge in [0.25, 0.3) is 0 Å². The number of aromatic nitrogens is 1. The first-order valence-corrected chi connectivity index (χ1v) is 9.08. The van der Waals surface area contributed by atoms with Crippen molar-refractivity contribution in [3.05, 3.63) is 82.9 Å². The molecule has 1 heterocycles. The molecule has 134 valence electrons. The third-order valence-corrected chi connectivity index (χ3v) is 4.98. The first kappa shape index (κ1) is 18.1. The number of aryl methyl sites for hydroxylation is 1. The average Bonchev–Trinajstić information content (AvgIpc) is 2.94. The van der Waals surface area contributed by atoms with E-state index in [2.05, 4.69) is 67.6 Å². The Morgan fingerprint density at radius 3 is 2.31 bits per heavy atom. The number of rotatable bonds is 5. The van der Waals surface area contributed by atoms with Crippen molar-refractivity contribution in [1.82, 2.24) is 4.57 Å². The Morgan fingerprint density at radius 1 is 1.04 bits per heavy atom. The molecular formula is C23H25FN2. The topological polar surface area (TPSA) is 17.3 Å². The Morgan fingerprint density at radius 2 is 1.69 bits per heavy atom. The highest BCUT2D eigenvalue weighted by Gasteiger charge is 2.09. The van der Waals surface area contributed by atoms with Crippen LogP contribution in [0.2, 0.25) is 0 Å². The Kier molecular flexibility index (Phi) is 5.36. The van der Waals surface area contributed by atoms with Crippen LogP contribution in [0.25, 0.3) is 5.69 Å². The van der Waals surface area contributed by atoms with Crippen LogP contribution >= 0.6 is 0 Å². The minimum Gasteiger partial charge on any atom is -0.318 e. The monoisotopic (exact) mass is 348 g/mol. The molecule has 0 radical (unpaired) electrons. The molecule has 2 nitrogen and oxygen atoms in total. The van der Waals surface area contributed by atoms with Crippen molar-refractivity contribution in [3.63, 3.8) is 0 Å². The maximum atomic E-state index is 13.2. The van der Waals surface area contributed by atoms with Crippen molar-refractivity contribution in [2.75, 3.05) is 0 Å². The van der Waals surface area contributed by atoms with Crippen molar-refractivity contribution in [2.45, 2.75) is 40.0 Å². The Labute approximate surface area is 155 Å². The molecule has 0 amide bonds. The smallest absolute Gasteiger partial charge is 0.123 e. The van der Waals surface area contributed by atoms with Gasteiger partial charge in [0.2, 0.25) is 0 Å². The summed E-state index contributed by atoms with van der Waals surface area (Å²) in [6.45, 7) is 8.55. The zero-order valence-electron chi connectivity index (χ0n) is 15.8. The van der Waals surface area contributed by atoms with Crippen LogP contribution < -0.4 is 0 Å². The van der Waals surface area contributed by atoms with E-state index in [0.29, 0.717) is 5.92 Å². The standard InChI is InChI=1S/C23H25FN2/c1-5-16(2)19-6-10-22(11-7-19)25-15-20-14-17(3)26(18(20)4)23-12-8-21(24)9-13-23/h6-16H,5H2,1-4H3/t16-/m1/s1. The Balaban J connectivity index is 1.85. The molecule has 1 aromatic heterocycles. The molecule has 1 atom stereocenters. The Hall–Kier alpha value is -2.68. The summed E-state index contributed by atoms with van der Waals surface area (Å²) in [6, 6.07) is 17.1. The van der Waals surface area contributed by atoms with Gasteiger partial charge in [-0.25, -0.2) is 4.39 Å². The number of nitrogens with zero attached hydrogens (tertiary/aromatic N) is 2. The van der Waals surface area contributed by atoms with E-state index < -0.39 is 0 Å². The summed E-state index contributed by atoms with van der Waals surface area (Å²) in [6.07, 6.45) is 3.04. The second-order valence-electron chi connectivity index (χ2n) is 6.80. The lowest BCUT2D eigenvalue weighted by molar-refractivity contribution is 0.627. The SMILES string of the molecule is CC[C@@H](C)c1ccc(N=Cc2cc(C)n(-c3ccc(F)cc3)c2C)cc1. The highest BCUT2D eigenvalue weighted by Crippen LogP contribution is 2.23. The molecule has 0 aliphatic heterocycles. The zero-order chi connectivity index (χ0) is 18.7. The molecule has 3 aromatic rings. The van der Waals surface area contributed by atoms with E-state index >= 15 is 0 Å². The van der Waals surface area contributed by atoms with Crippen LogP contribution in [0.15, 0.2) is 59.6 Å². The van der Waals surface area contributed by atoms with Gasteiger partial charge in [0.15, 0.2) is 0 Å². The maximum Gasteiger partial charge on any atom is 0.123 e. The predicted molar refractivity (Wildman–Crippen MR) is 108 cm³/mol. The van der Waals surface area contributed by atoms with Crippen molar-refractivity contribution in [3.8, 4) is 5.69 Å². The maximum absolute atomic E-state index is 13.2. The van der Waals surface area contributed by atoms with Gasteiger partial charge in [0, 0.05) is 28.9 Å². The quantitative estimate of drug-likeness (QED) is 0.468. The third kappa shape index (κ3) is 3.77. The predicted octanol–water partition coefficient (Wildman–Crippen LogP) is 6.50. The molecule has 3 heteroatoms. The summed E-state index contributed by atoms with van der Waals surface area (Å²) >= 11 is 0. The molecule has 3 rings (SSSR count). The van der Waals surface area contributed by atoms with Gasteiger partial charge in [-0.05, 0) is 74.2 Å². The lowest BCUT2D eigenvalue weighted by atomic mass is 9.99. The molecule has 0 spiro atoms. The Bertz CT molecular complexity index is 903. The molecule has 0 unspecified atom stereocenters. The summed E-state index contributed by atoms with van der Waals surface area (Å²) in [5.74, 6) is 0.349. The highest BCUT2D eigenvalue weighted by atomic mass is 19.1. The summed E-state index contributed by atoms with van der Waals surface area (Å²) in [5.41, 5.74) is 6.51. The molecule has 0 bridgehead atoms. The van der Waals surface area contributed by atoms with Crippen LogP contribution in [0.1, 0.15) is 48.7 Å². The minimum atomic E-state index is -0.223. The molecular weight excluding hydrogens is 323 g/mol. The third-order valence-electron chi connectivity index (χ3n) is 4.98. The lowest BCUT2D eigenvalue weighted by Gasteiger charge is -2.09. The van der Waals surface area contributed by atoms with Gasteiger partial charge < -0.3 is 4.57 Å². The summed E-state index contributed by atoms with van der Waals surface area (Å²) < 4.78 is 15.3. The van der Waals surface area contributed by atoms with Gasteiger partial charge in [-0.2, -0.15) is 0 Å². The van der Waals surface area contributed by atoms with Crippen LogP contribution in [0.4, 0.5) is 10.1 Å². The first-order valence-electron chi connectivity index (χ1n) is 9.08. The number of hydrogen-bond acceptors (Lipinski definition) is 1. The van der Waals surface area contributed by atoms with Gasteiger partial charge in [-0.15, -0.1) is 0 Å². The largest absolute Gasteiger partial charge is 0.318 e. The van der Waals surface area contributed by atoms with Crippen LogP contribution in [0.5, 0.6) is 0 Å². The van der Waals surface area contributed by atoms with E-state index in [9.17, 15) is 4.39 Å². The normalized spacial score (nSPS) is 12.7. The van der Waals surface area contributed by atoms with Gasteiger partial charge in [0.1, 0.15) is 5.82 Å². The molecule has 26 heavy (non-hydrogen) atoms. The summed E-state index contributed by atoms with van der Waals surface area (Å²) in [5, 5.41) is 0. The second-order valence-corrected chi connectivity index (χ2v) is 6.80. The fourth-order valence-corrected chi connectivity index (χ4v) is 3.17. The summed E-state index contributed by atoms with van der Waals surface area (Å²) in [4.78, 5) is 4.63. The molecule has 0 saturated carbocycles. The first-order chi connectivity index (χ1) is 12.5. The number of benzene rings is 2. The molecule has 0 saturated heterocycles. The minimum absolute atomic E-state index is 0.223. The van der Waals surface area contributed by atoms with Crippen molar-refractivity contribution < 1.29 is 4.39 Å². The van der Waals surface area contributed by atoms with Crippen molar-refractivity contribution >= 4 is 11.9 Å². The van der Waals surface area contributed by atoms with E-state index in [-0.39, 0.29) is 5.82 Å². The van der Waals surface area contributed by atoms with Crippen LogP contribution in [-0.4, -0.2) is 10.8 Å². The van der Waals surface area contributed by atoms with E-state index in [4.69, 9.17) is 0 Å². The van der Waals surface area contributed by atoms with Crippen LogP contribution in [-0.2, 0) is 0 Å². The van der Waals surface area contributed by atoms with E-state index in [1.807, 2.05) is 6.21 Å². The number of hydrogen-bond donors (Lipinski definition) is 0. The van der Waals surface area contributed by atoms with Crippen molar-refractivity contribution in [2.24, 2.45) is 4.99 Å². The second kappa shape index (κ2) is 7.69. The van der Waals surface area contributed by atoms with Crippen LogP contribution in [0.3, 0.4) is 0 Å². The number of aliphatic imine (C=N–C) groups is 1. The number of halogens is 1. The van der Waals surface area contributed by atoms with E-state index in [1.165, 1.54) is 17.7 Å². The average molecular weight is 348 g/mol. The van der Waals surface area contributed by atoms with Gasteiger partial charge >= 0.3 is 0 Å². The molecule has 0 N–H and O–H groups in total. The van der Waals surface area contributed by atoms with Crippen LogP contribution in [0, 0.1) is 19.7 Å². The summed E-state index contributed by atoms with van der Waals surface area (Å²) in [7, 11) is 0. The fourth-order valence-electron chi connectivity index (χ4n) is 3.17. The fraction of sp³-hybridized carbons (Fsp3) is 0.261. The molecule has 2 aromatic carbocycles. The van der Waals surface area contributed by atoms with E-state index in [0.717, 1.165) is 34.7 Å². The van der Waals surface area contributed by atoms with E-state index in [1.54, 1.807) is 12.1 Å². The van der Waals surface area contributed by atoms with Gasteiger partial charge in [-0.1, -0.05) is 26.0 Å². The molecule has 0 aliphatic rings. The van der Waals surface area contributed by atoms with Gasteiger partial charge in [0.05, 0.1) is 5.69 Å². The highest BCUT2D eigenvalue weighted by molar-refractivity contribution is 5.84.